The summed E-state index contributed by atoms with van der Waals surface area (Å²) < 4.78 is 2.17. The number of rotatable bonds is 6. The molecule has 4 nitrogen and oxygen atoms in total. The van der Waals surface area contributed by atoms with Crippen molar-refractivity contribution in [3.63, 3.8) is 0 Å². The van der Waals surface area contributed by atoms with Crippen LogP contribution in [0.3, 0.4) is 0 Å². The molecule has 3 aromatic rings. The molecule has 0 saturated carbocycles. The third kappa shape index (κ3) is 4.03. The Balaban J connectivity index is 1.58. The van der Waals surface area contributed by atoms with Crippen LogP contribution < -0.4 is 0 Å². The SMILES string of the molecule is CCN1CCN(CC(c2ccccc2)c2ccccc2)CC1c1nccn1C. The highest BCUT2D eigenvalue weighted by atomic mass is 15.3. The van der Waals surface area contributed by atoms with E-state index in [0.717, 1.165) is 32.7 Å². The van der Waals surface area contributed by atoms with Gasteiger partial charge in [0.25, 0.3) is 0 Å². The first-order valence-electron chi connectivity index (χ1n) is 10.3. The summed E-state index contributed by atoms with van der Waals surface area (Å²) in [4.78, 5) is 9.84. The zero-order valence-corrected chi connectivity index (χ0v) is 16.9. The maximum atomic E-state index is 4.66. The van der Waals surface area contributed by atoms with E-state index in [2.05, 4.69) is 100 Å². The molecule has 2 heterocycles. The van der Waals surface area contributed by atoms with E-state index < -0.39 is 0 Å². The van der Waals surface area contributed by atoms with Crippen molar-refractivity contribution in [2.24, 2.45) is 7.05 Å². The lowest BCUT2D eigenvalue weighted by atomic mass is 9.90. The van der Waals surface area contributed by atoms with Crippen molar-refractivity contribution in [1.82, 2.24) is 19.4 Å². The number of nitrogens with zero attached hydrogens (tertiary/aromatic N) is 4. The van der Waals surface area contributed by atoms with E-state index in [1.54, 1.807) is 0 Å². The molecule has 1 saturated heterocycles. The van der Waals surface area contributed by atoms with Crippen LogP contribution in [0.5, 0.6) is 0 Å². The summed E-state index contributed by atoms with van der Waals surface area (Å²) in [6, 6.07) is 22.2. The van der Waals surface area contributed by atoms with Crippen LogP contribution in [0.1, 0.15) is 35.8 Å². The molecule has 1 atom stereocenters. The summed E-state index contributed by atoms with van der Waals surface area (Å²) in [5, 5.41) is 0. The number of hydrogen-bond donors (Lipinski definition) is 0. The Kier molecular flexibility index (Phi) is 5.89. The maximum absolute atomic E-state index is 4.66. The van der Waals surface area contributed by atoms with Crippen molar-refractivity contribution in [3.05, 3.63) is 90.0 Å². The zero-order chi connectivity index (χ0) is 19.3. The molecule has 0 amide bonds. The minimum absolute atomic E-state index is 0.353. The van der Waals surface area contributed by atoms with Crippen LogP contribution in [-0.4, -0.2) is 52.1 Å². The number of aromatic nitrogens is 2. The largest absolute Gasteiger partial charge is 0.337 e. The van der Waals surface area contributed by atoms with E-state index in [9.17, 15) is 0 Å². The molecule has 1 unspecified atom stereocenters. The highest BCUT2D eigenvalue weighted by Gasteiger charge is 2.31. The summed E-state index contributed by atoms with van der Waals surface area (Å²) in [5.74, 6) is 1.56. The van der Waals surface area contributed by atoms with Crippen LogP contribution in [0.4, 0.5) is 0 Å². The number of likely N-dealkylation sites (N-methyl/N-ethyl adjacent to an activating group) is 1. The molecule has 0 aliphatic carbocycles. The first-order valence-corrected chi connectivity index (χ1v) is 10.3. The van der Waals surface area contributed by atoms with Gasteiger partial charge in [0.1, 0.15) is 5.82 Å². The molecular formula is C24H30N4. The average Bonchev–Trinajstić information content (AvgIpc) is 3.19. The van der Waals surface area contributed by atoms with Crippen LogP contribution in [0.2, 0.25) is 0 Å². The highest BCUT2D eigenvalue weighted by molar-refractivity contribution is 5.32. The fourth-order valence-electron chi connectivity index (χ4n) is 4.40. The normalized spacial score (nSPS) is 18.6. The van der Waals surface area contributed by atoms with Gasteiger partial charge in [-0.3, -0.25) is 9.80 Å². The lowest BCUT2D eigenvalue weighted by Gasteiger charge is -2.41. The van der Waals surface area contributed by atoms with Crippen LogP contribution in [-0.2, 0) is 7.05 Å². The minimum Gasteiger partial charge on any atom is -0.337 e. The van der Waals surface area contributed by atoms with Gasteiger partial charge >= 0.3 is 0 Å². The lowest BCUT2D eigenvalue weighted by Crippen LogP contribution is -2.49. The number of benzene rings is 2. The van der Waals surface area contributed by atoms with Crippen molar-refractivity contribution in [1.29, 1.82) is 0 Å². The van der Waals surface area contributed by atoms with Gasteiger partial charge in [0.2, 0.25) is 0 Å². The van der Waals surface area contributed by atoms with Gasteiger partial charge in [-0.05, 0) is 17.7 Å². The molecule has 1 aliphatic heterocycles. The van der Waals surface area contributed by atoms with Crippen molar-refractivity contribution >= 4 is 0 Å². The molecule has 1 aliphatic rings. The topological polar surface area (TPSA) is 24.3 Å². The van der Waals surface area contributed by atoms with Crippen molar-refractivity contribution in [3.8, 4) is 0 Å². The Hall–Kier alpha value is -2.43. The van der Waals surface area contributed by atoms with Crippen LogP contribution in [0.15, 0.2) is 73.1 Å². The predicted molar refractivity (Wildman–Crippen MR) is 114 cm³/mol. The summed E-state index contributed by atoms with van der Waals surface area (Å²) in [6.45, 7) is 7.56. The summed E-state index contributed by atoms with van der Waals surface area (Å²) in [6.07, 6.45) is 3.97. The van der Waals surface area contributed by atoms with E-state index in [1.807, 2.05) is 6.20 Å². The van der Waals surface area contributed by atoms with Gasteiger partial charge in [-0.1, -0.05) is 67.6 Å². The van der Waals surface area contributed by atoms with E-state index >= 15 is 0 Å². The van der Waals surface area contributed by atoms with Crippen LogP contribution in [0.25, 0.3) is 0 Å². The van der Waals surface area contributed by atoms with Gasteiger partial charge in [-0.15, -0.1) is 0 Å². The Morgan fingerprint density at radius 3 is 2.14 bits per heavy atom. The highest BCUT2D eigenvalue weighted by Crippen LogP contribution is 2.29. The Labute approximate surface area is 168 Å². The molecular weight excluding hydrogens is 344 g/mol. The number of imidazole rings is 1. The molecule has 4 rings (SSSR count). The summed E-state index contributed by atoms with van der Waals surface area (Å²) in [7, 11) is 2.10. The van der Waals surface area contributed by atoms with Gasteiger partial charge in [0, 0.05) is 51.5 Å². The summed E-state index contributed by atoms with van der Waals surface area (Å²) >= 11 is 0. The van der Waals surface area contributed by atoms with Gasteiger partial charge in [0.15, 0.2) is 0 Å². The van der Waals surface area contributed by atoms with Crippen LogP contribution >= 0.6 is 0 Å². The standard InChI is InChI=1S/C24H30N4/c1-3-28-17-16-27(19-23(28)24-25-14-15-26(24)2)18-22(20-10-6-4-7-11-20)21-12-8-5-9-13-21/h4-15,22-23H,3,16-19H2,1-2H3. The third-order valence-electron chi connectivity index (χ3n) is 5.98. The molecule has 1 fully saturated rings. The second kappa shape index (κ2) is 8.72. The van der Waals surface area contributed by atoms with E-state index in [-0.39, 0.29) is 0 Å². The molecule has 0 bridgehead atoms. The minimum atomic E-state index is 0.353. The molecule has 146 valence electrons. The number of aryl methyl sites for hydroxylation is 1. The van der Waals surface area contributed by atoms with Crippen LogP contribution in [0, 0.1) is 0 Å². The lowest BCUT2D eigenvalue weighted by molar-refractivity contribution is 0.0705. The fourth-order valence-corrected chi connectivity index (χ4v) is 4.40. The maximum Gasteiger partial charge on any atom is 0.127 e. The Morgan fingerprint density at radius 2 is 1.61 bits per heavy atom. The van der Waals surface area contributed by atoms with Crippen molar-refractivity contribution in [2.45, 2.75) is 18.9 Å². The Morgan fingerprint density at radius 1 is 0.964 bits per heavy atom. The number of piperazine rings is 1. The third-order valence-corrected chi connectivity index (χ3v) is 5.98. The van der Waals surface area contributed by atoms with Crippen molar-refractivity contribution < 1.29 is 0 Å². The van der Waals surface area contributed by atoms with Gasteiger partial charge in [0.05, 0.1) is 6.04 Å². The summed E-state index contributed by atoms with van der Waals surface area (Å²) in [5.41, 5.74) is 2.78. The van der Waals surface area contributed by atoms with E-state index in [0.29, 0.717) is 12.0 Å². The molecule has 0 spiro atoms. The van der Waals surface area contributed by atoms with Gasteiger partial charge in [-0.25, -0.2) is 4.98 Å². The van der Waals surface area contributed by atoms with Gasteiger partial charge < -0.3 is 4.57 Å². The fraction of sp³-hybridized carbons (Fsp3) is 0.375. The monoisotopic (exact) mass is 374 g/mol. The van der Waals surface area contributed by atoms with Crippen molar-refractivity contribution in [2.75, 3.05) is 32.7 Å². The molecule has 0 N–H and O–H groups in total. The quantitative estimate of drug-likeness (QED) is 0.653. The second-order valence-electron chi connectivity index (χ2n) is 7.67. The molecule has 28 heavy (non-hydrogen) atoms. The Bertz CT molecular complexity index is 819. The zero-order valence-electron chi connectivity index (χ0n) is 16.9. The van der Waals surface area contributed by atoms with E-state index in [4.69, 9.17) is 0 Å². The van der Waals surface area contributed by atoms with E-state index in [1.165, 1.54) is 17.0 Å². The molecule has 0 radical (unpaired) electrons. The average molecular weight is 375 g/mol. The predicted octanol–water partition coefficient (Wildman–Crippen LogP) is 3.93. The second-order valence-corrected chi connectivity index (χ2v) is 7.67. The molecule has 4 heteroatoms. The van der Waals surface area contributed by atoms with Gasteiger partial charge in [-0.2, -0.15) is 0 Å². The first kappa shape index (κ1) is 18.9. The first-order chi connectivity index (χ1) is 13.8. The molecule has 1 aromatic heterocycles. The molecule has 2 aromatic carbocycles. The number of hydrogen-bond acceptors (Lipinski definition) is 3. The smallest absolute Gasteiger partial charge is 0.127 e.